The van der Waals surface area contributed by atoms with Crippen molar-refractivity contribution in [2.75, 3.05) is 4.90 Å². The van der Waals surface area contributed by atoms with Crippen molar-refractivity contribution in [1.82, 2.24) is 4.98 Å². The fourth-order valence-corrected chi connectivity index (χ4v) is 2.83. The number of benzene rings is 2. The quantitative estimate of drug-likeness (QED) is 0.723. The summed E-state index contributed by atoms with van der Waals surface area (Å²) in [6.07, 6.45) is 1.08. The Kier molecular flexibility index (Phi) is 4.69. The van der Waals surface area contributed by atoms with E-state index in [-0.39, 0.29) is 6.04 Å². The lowest BCUT2D eigenvalue weighted by Gasteiger charge is -2.35. The first kappa shape index (κ1) is 15.3. The van der Waals surface area contributed by atoms with Crippen LogP contribution in [0.25, 0.3) is 0 Å². The molecule has 1 unspecified atom stereocenters. The second kappa shape index (κ2) is 7.07. The van der Waals surface area contributed by atoms with Crippen molar-refractivity contribution in [3.05, 3.63) is 96.2 Å². The number of hydrogen-bond donors (Lipinski definition) is 1. The predicted molar refractivity (Wildman–Crippen MR) is 93.1 cm³/mol. The highest BCUT2D eigenvalue weighted by molar-refractivity contribution is 5.48. The second-order valence-electron chi connectivity index (χ2n) is 5.45. The van der Waals surface area contributed by atoms with Crippen molar-refractivity contribution in [2.45, 2.75) is 19.2 Å². The van der Waals surface area contributed by atoms with Crippen molar-refractivity contribution in [3.63, 3.8) is 0 Å². The van der Waals surface area contributed by atoms with Crippen molar-refractivity contribution in [2.24, 2.45) is 0 Å². The molecule has 1 aromatic heterocycles. The van der Waals surface area contributed by atoms with Crippen LogP contribution >= 0.6 is 0 Å². The van der Waals surface area contributed by atoms with E-state index in [2.05, 4.69) is 29.2 Å². The first-order valence-corrected chi connectivity index (χ1v) is 7.74. The van der Waals surface area contributed by atoms with Crippen molar-refractivity contribution in [1.29, 1.82) is 0 Å². The zero-order valence-corrected chi connectivity index (χ0v) is 13.1. The molecule has 0 bridgehead atoms. The van der Waals surface area contributed by atoms with Gasteiger partial charge in [0.05, 0.1) is 6.04 Å². The Labute approximate surface area is 136 Å². The molecular formula is C20H20N2O. The van der Waals surface area contributed by atoms with Gasteiger partial charge in [-0.25, -0.2) is 4.98 Å². The van der Waals surface area contributed by atoms with Crippen LogP contribution in [0.5, 0.6) is 0 Å². The maximum Gasteiger partial charge on any atom is 0.131 e. The number of rotatable bonds is 5. The lowest BCUT2D eigenvalue weighted by Crippen LogP contribution is -2.37. The van der Waals surface area contributed by atoms with Gasteiger partial charge in [-0.05, 0) is 30.2 Å². The summed E-state index contributed by atoms with van der Waals surface area (Å²) in [5, 5.41) is 10.4. The van der Waals surface area contributed by atoms with E-state index in [1.807, 2.05) is 59.5 Å². The average molecular weight is 304 g/mol. The van der Waals surface area contributed by atoms with E-state index in [0.717, 1.165) is 16.9 Å². The summed E-state index contributed by atoms with van der Waals surface area (Å²) >= 11 is 0. The molecule has 23 heavy (non-hydrogen) atoms. The van der Waals surface area contributed by atoms with Crippen LogP contribution in [0, 0.1) is 0 Å². The fourth-order valence-electron chi connectivity index (χ4n) is 2.83. The van der Waals surface area contributed by atoms with Crippen LogP contribution in [-0.4, -0.2) is 16.3 Å². The summed E-state index contributed by atoms with van der Waals surface area (Å²) in [5.41, 5.74) is 2.23. The summed E-state index contributed by atoms with van der Waals surface area (Å²) in [7, 11) is 0. The second-order valence-corrected chi connectivity index (χ2v) is 5.45. The van der Waals surface area contributed by atoms with Gasteiger partial charge in [0.25, 0.3) is 0 Å². The Morgan fingerprint density at radius 2 is 1.30 bits per heavy atom. The van der Waals surface area contributed by atoms with Gasteiger partial charge < -0.3 is 10.0 Å². The molecule has 0 radical (unpaired) electrons. The highest BCUT2D eigenvalue weighted by atomic mass is 16.3. The van der Waals surface area contributed by atoms with Gasteiger partial charge in [-0.1, -0.05) is 66.7 Å². The largest absolute Gasteiger partial charge is 0.374 e. The number of aliphatic hydroxyl groups is 1. The third-order valence-electron chi connectivity index (χ3n) is 3.83. The third kappa shape index (κ3) is 3.41. The van der Waals surface area contributed by atoms with Gasteiger partial charge in [0.15, 0.2) is 0 Å². The van der Waals surface area contributed by atoms with E-state index in [1.165, 1.54) is 0 Å². The van der Waals surface area contributed by atoms with Gasteiger partial charge in [0, 0.05) is 6.20 Å². The molecule has 0 saturated carbocycles. The van der Waals surface area contributed by atoms with Crippen LogP contribution in [-0.2, 0) is 0 Å². The highest BCUT2D eigenvalue weighted by Crippen LogP contribution is 2.33. The molecule has 2 aromatic carbocycles. The third-order valence-corrected chi connectivity index (χ3v) is 3.83. The molecule has 0 aliphatic carbocycles. The Hall–Kier alpha value is -2.65. The van der Waals surface area contributed by atoms with Crippen LogP contribution in [0.15, 0.2) is 85.1 Å². The highest BCUT2D eigenvalue weighted by Gasteiger charge is 2.26. The van der Waals surface area contributed by atoms with Gasteiger partial charge >= 0.3 is 0 Å². The van der Waals surface area contributed by atoms with Crippen molar-refractivity contribution < 1.29 is 5.11 Å². The number of aromatic nitrogens is 1. The molecule has 0 spiro atoms. The molecular weight excluding hydrogens is 284 g/mol. The van der Waals surface area contributed by atoms with Crippen LogP contribution < -0.4 is 4.90 Å². The molecule has 0 saturated heterocycles. The Morgan fingerprint density at radius 1 is 0.783 bits per heavy atom. The van der Waals surface area contributed by atoms with E-state index in [9.17, 15) is 5.11 Å². The minimum absolute atomic E-state index is 0.104. The van der Waals surface area contributed by atoms with Gasteiger partial charge in [-0.15, -0.1) is 0 Å². The van der Waals surface area contributed by atoms with Gasteiger partial charge in [-0.3, -0.25) is 0 Å². The minimum atomic E-state index is -0.671. The Bertz CT molecular complexity index is 675. The monoisotopic (exact) mass is 304 g/mol. The Morgan fingerprint density at radius 3 is 1.74 bits per heavy atom. The molecule has 3 nitrogen and oxygen atoms in total. The molecule has 3 rings (SSSR count). The van der Waals surface area contributed by atoms with Crippen molar-refractivity contribution in [3.8, 4) is 0 Å². The lowest BCUT2D eigenvalue weighted by molar-refractivity contribution is 0.180. The van der Waals surface area contributed by atoms with Crippen LogP contribution in [0.4, 0.5) is 5.82 Å². The van der Waals surface area contributed by atoms with Gasteiger partial charge in [0.1, 0.15) is 12.0 Å². The standard InChI is InChI=1S/C20H20N2O/c1-16(23)22(19-14-8-9-15-21-19)20(17-10-4-2-5-11-17)18-12-6-3-7-13-18/h2-16,20,23H,1H3. The number of aliphatic hydroxyl groups excluding tert-OH is 1. The molecule has 3 heteroatoms. The number of hydrogen-bond acceptors (Lipinski definition) is 3. The summed E-state index contributed by atoms with van der Waals surface area (Å²) in [5.74, 6) is 0.750. The summed E-state index contributed by atoms with van der Waals surface area (Å²) in [6, 6.07) is 26.0. The van der Waals surface area contributed by atoms with Gasteiger partial charge in [-0.2, -0.15) is 0 Å². The predicted octanol–water partition coefficient (Wildman–Crippen LogP) is 4.02. The molecule has 0 fully saturated rings. The van der Waals surface area contributed by atoms with E-state index in [0.29, 0.717) is 0 Å². The summed E-state index contributed by atoms with van der Waals surface area (Å²) in [6.45, 7) is 1.77. The average Bonchev–Trinajstić information content (AvgIpc) is 2.61. The Balaban J connectivity index is 2.13. The summed E-state index contributed by atoms with van der Waals surface area (Å²) in [4.78, 5) is 6.37. The molecule has 0 aliphatic heterocycles. The zero-order valence-electron chi connectivity index (χ0n) is 13.1. The first-order valence-electron chi connectivity index (χ1n) is 7.74. The van der Waals surface area contributed by atoms with E-state index in [1.54, 1.807) is 13.1 Å². The van der Waals surface area contributed by atoms with Crippen LogP contribution in [0.1, 0.15) is 24.1 Å². The molecule has 1 N–H and O–H groups in total. The van der Waals surface area contributed by atoms with E-state index < -0.39 is 6.23 Å². The molecule has 1 atom stereocenters. The van der Waals surface area contributed by atoms with E-state index in [4.69, 9.17) is 0 Å². The molecule has 0 aliphatic rings. The zero-order chi connectivity index (χ0) is 16.1. The smallest absolute Gasteiger partial charge is 0.131 e. The topological polar surface area (TPSA) is 36.4 Å². The van der Waals surface area contributed by atoms with Gasteiger partial charge in [0.2, 0.25) is 0 Å². The number of pyridine rings is 1. The summed E-state index contributed by atoms with van der Waals surface area (Å²) < 4.78 is 0. The molecule has 0 amide bonds. The molecule has 116 valence electrons. The first-order chi connectivity index (χ1) is 11.3. The number of anilines is 1. The minimum Gasteiger partial charge on any atom is -0.374 e. The van der Waals surface area contributed by atoms with Crippen molar-refractivity contribution >= 4 is 5.82 Å². The normalized spacial score (nSPS) is 12.1. The van der Waals surface area contributed by atoms with Crippen LogP contribution in [0.2, 0.25) is 0 Å². The maximum atomic E-state index is 10.4. The lowest BCUT2D eigenvalue weighted by atomic mass is 9.96. The SMILES string of the molecule is CC(O)N(c1ccccn1)C(c1ccccc1)c1ccccc1. The maximum absolute atomic E-state index is 10.4. The molecule has 3 aromatic rings. The molecule has 1 heterocycles. The van der Waals surface area contributed by atoms with Crippen LogP contribution in [0.3, 0.4) is 0 Å². The van der Waals surface area contributed by atoms with E-state index >= 15 is 0 Å². The fraction of sp³-hybridized carbons (Fsp3) is 0.150. The number of nitrogens with zero attached hydrogens (tertiary/aromatic N) is 2.